The van der Waals surface area contributed by atoms with Gasteiger partial charge in [-0.15, -0.1) is 0 Å². The molecule has 3 N–H and O–H groups in total. The zero-order chi connectivity index (χ0) is 22.2. The molecule has 0 saturated carbocycles. The topological polar surface area (TPSA) is 107 Å². The summed E-state index contributed by atoms with van der Waals surface area (Å²) < 4.78 is 45.7. The minimum absolute atomic E-state index is 0.162. The number of hydrogen-bond acceptors (Lipinski definition) is 6. The monoisotopic (exact) mass is 428 g/mol. The third-order valence-electron chi connectivity index (χ3n) is 4.52. The van der Waals surface area contributed by atoms with E-state index >= 15 is 0 Å². The van der Waals surface area contributed by atoms with E-state index in [0.717, 1.165) is 18.3 Å². The molecule has 0 bridgehead atoms. The van der Waals surface area contributed by atoms with Crippen LogP contribution in [0.4, 0.5) is 24.8 Å². The summed E-state index contributed by atoms with van der Waals surface area (Å²) in [4.78, 5) is 24.8. The number of benzene rings is 1. The number of carbonyl (C=O) groups excluding carboxylic acids is 1. The van der Waals surface area contributed by atoms with Gasteiger partial charge >= 0.3 is 6.18 Å². The van der Waals surface area contributed by atoms with Gasteiger partial charge in [-0.05, 0) is 30.3 Å². The van der Waals surface area contributed by atoms with Crippen molar-refractivity contribution in [3.8, 4) is 17.0 Å². The molecule has 1 aromatic carbocycles. The summed E-state index contributed by atoms with van der Waals surface area (Å²) in [6.07, 6.45) is 1.24. The van der Waals surface area contributed by atoms with E-state index < -0.39 is 17.6 Å². The van der Waals surface area contributed by atoms with Gasteiger partial charge in [0.15, 0.2) is 0 Å². The highest BCUT2D eigenvalue weighted by Gasteiger charge is 2.31. The first-order valence-corrected chi connectivity index (χ1v) is 8.88. The number of methoxy groups -OCH3 is 1. The Morgan fingerprint density at radius 3 is 2.68 bits per heavy atom. The third-order valence-corrected chi connectivity index (χ3v) is 4.52. The van der Waals surface area contributed by atoms with Gasteiger partial charge in [-0.3, -0.25) is 4.79 Å². The van der Waals surface area contributed by atoms with E-state index in [-0.39, 0.29) is 17.2 Å². The Kier molecular flexibility index (Phi) is 4.93. The average Bonchev–Trinajstić information content (AvgIpc) is 3.18. The zero-order valence-corrected chi connectivity index (χ0v) is 16.0. The van der Waals surface area contributed by atoms with E-state index in [1.807, 2.05) is 0 Å². The van der Waals surface area contributed by atoms with Crippen LogP contribution in [0.5, 0.6) is 5.75 Å². The summed E-state index contributed by atoms with van der Waals surface area (Å²) in [6.45, 7) is 0. The lowest BCUT2D eigenvalue weighted by molar-refractivity contribution is -0.137. The first kappa shape index (κ1) is 20.1. The van der Waals surface area contributed by atoms with Gasteiger partial charge in [0.2, 0.25) is 0 Å². The number of amides is 1. The second-order valence-electron chi connectivity index (χ2n) is 6.46. The summed E-state index contributed by atoms with van der Waals surface area (Å²) in [5, 5.41) is 2.36. The number of halogens is 3. The molecule has 4 aromatic rings. The Hall–Kier alpha value is -4.15. The van der Waals surface area contributed by atoms with Crippen LogP contribution in [0.3, 0.4) is 0 Å². The third kappa shape index (κ3) is 3.84. The van der Waals surface area contributed by atoms with E-state index in [1.165, 1.54) is 19.2 Å². The number of imidazole rings is 1. The molecule has 0 spiro atoms. The lowest BCUT2D eigenvalue weighted by atomic mass is 10.1. The zero-order valence-electron chi connectivity index (χ0n) is 16.0. The van der Waals surface area contributed by atoms with Crippen molar-refractivity contribution < 1.29 is 22.7 Å². The predicted octanol–water partition coefficient (Wildman–Crippen LogP) is 3.65. The highest BCUT2D eigenvalue weighted by Crippen LogP contribution is 2.34. The first-order valence-electron chi connectivity index (χ1n) is 8.88. The minimum atomic E-state index is -4.54. The SMILES string of the molecule is COc1cc(C(=O)Nc2cc(C(F)(F)F)ccn2)ccc1-c1ncn2ccnc(N)c12. The van der Waals surface area contributed by atoms with Crippen molar-refractivity contribution in [3.63, 3.8) is 0 Å². The number of hydrogen-bond donors (Lipinski definition) is 2. The molecule has 3 heterocycles. The average molecular weight is 428 g/mol. The van der Waals surface area contributed by atoms with Crippen LogP contribution in [-0.2, 0) is 6.18 Å². The molecule has 0 aliphatic heterocycles. The molecule has 11 heteroatoms. The number of nitrogens with two attached hydrogens (primary N) is 1. The minimum Gasteiger partial charge on any atom is -0.496 e. The van der Waals surface area contributed by atoms with Crippen molar-refractivity contribution in [1.29, 1.82) is 0 Å². The Labute approximate surface area is 173 Å². The number of pyridine rings is 1. The highest BCUT2D eigenvalue weighted by molar-refractivity contribution is 6.04. The van der Waals surface area contributed by atoms with Gasteiger partial charge in [-0.1, -0.05) is 0 Å². The van der Waals surface area contributed by atoms with Gasteiger partial charge < -0.3 is 20.2 Å². The van der Waals surface area contributed by atoms with E-state index in [4.69, 9.17) is 10.5 Å². The molecular formula is C20H15F3N6O2. The number of carbonyl (C=O) groups is 1. The van der Waals surface area contributed by atoms with Crippen molar-refractivity contribution in [3.05, 3.63) is 66.4 Å². The van der Waals surface area contributed by atoms with Crippen LogP contribution >= 0.6 is 0 Å². The van der Waals surface area contributed by atoms with Crippen LogP contribution in [0.15, 0.2) is 55.2 Å². The quantitative estimate of drug-likeness (QED) is 0.514. The Balaban J connectivity index is 1.66. The maximum absolute atomic E-state index is 12.9. The van der Waals surface area contributed by atoms with Crippen LogP contribution < -0.4 is 15.8 Å². The molecule has 0 aliphatic carbocycles. The molecule has 0 radical (unpaired) electrons. The molecule has 31 heavy (non-hydrogen) atoms. The van der Waals surface area contributed by atoms with E-state index in [0.29, 0.717) is 22.5 Å². The number of ether oxygens (including phenoxy) is 1. The molecule has 3 aromatic heterocycles. The van der Waals surface area contributed by atoms with Gasteiger partial charge in [-0.2, -0.15) is 13.2 Å². The molecule has 0 fully saturated rings. The number of nitrogens with one attached hydrogen (secondary N) is 1. The van der Waals surface area contributed by atoms with Crippen LogP contribution in [0.1, 0.15) is 15.9 Å². The fraction of sp³-hybridized carbons (Fsp3) is 0.100. The Bertz CT molecular complexity index is 1290. The van der Waals surface area contributed by atoms with Crippen molar-refractivity contribution in [2.75, 3.05) is 18.2 Å². The molecule has 4 rings (SSSR count). The number of nitrogens with zero attached hydrogens (tertiary/aromatic N) is 4. The molecule has 1 amide bonds. The molecule has 0 atom stereocenters. The second kappa shape index (κ2) is 7.59. The summed E-state index contributed by atoms with van der Waals surface area (Å²) >= 11 is 0. The summed E-state index contributed by atoms with van der Waals surface area (Å²) in [5.74, 6) is -0.266. The van der Waals surface area contributed by atoms with E-state index in [9.17, 15) is 18.0 Å². The number of fused-ring (bicyclic) bond motifs is 1. The van der Waals surface area contributed by atoms with E-state index in [1.54, 1.807) is 29.2 Å². The maximum atomic E-state index is 12.9. The smallest absolute Gasteiger partial charge is 0.416 e. The number of alkyl halides is 3. The lowest BCUT2D eigenvalue weighted by Crippen LogP contribution is -2.14. The second-order valence-corrected chi connectivity index (χ2v) is 6.46. The van der Waals surface area contributed by atoms with E-state index in [2.05, 4.69) is 20.3 Å². The molecule has 8 nitrogen and oxygen atoms in total. The molecular weight excluding hydrogens is 413 g/mol. The molecule has 158 valence electrons. The summed E-state index contributed by atoms with van der Waals surface area (Å²) in [7, 11) is 1.43. The lowest BCUT2D eigenvalue weighted by Gasteiger charge is -2.11. The van der Waals surface area contributed by atoms with Crippen molar-refractivity contribution >= 4 is 23.1 Å². The van der Waals surface area contributed by atoms with Gasteiger partial charge in [-0.25, -0.2) is 15.0 Å². The molecule has 0 aliphatic rings. The van der Waals surface area contributed by atoms with Gasteiger partial charge in [0, 0.05) is 29.7 Å². The van der Waals surface area contributed by atoms with Crippen molar-refractivity contribution in [2.24, 2.45) is 0 Å². The van der Waals surface area contributed by atoms with Crippen molar-refractivity contribution in [1.82, 2.24) is 19.4 Å². The number of aromatic nitrogens is 4. The van der Waals surface area contributed by atoms with Crippen LogP contribution in [0.2, 0.25) is 0 Å². The molecule has 0 unspecified atom stereocenters. The highest BCUT2D eigenvalue weighted by atomic mass is 19.4. The maximum Gasteiger partial charge on any atom is 0.416 e. The Morgan fingerprint density at radius 2 is 1.94 bits per heavy atom. The van der Waals surface area contributed by atoms with Gasteiger partial charge in [0.25, 0.3) is 5.91 Å². The fourth-order valence-electron chi connectivity index (χ4n) is 3.06. The Morgan fingerprint density at radius 1 is 1.13 bits per heavy atom. The van der Waals surface area contributed by atoms with Gasteiger partial charge in [0.1, 0.15) is 34.9 Å². The van der Waals surface area contributed by atoms with Crippen LogP contribution in [0.25, 0.3) is 16.8 Å². The van der Waals surface area contributed by atoms with Crippen molar-refractivity contribution in [2.45, 2.75) is 6.18 Å². The fourth-order valence-corrected chi connectivity index (χ4v) is 3.06. The van der Waals surface area contributed by atoms with Crippen LogP contribution in [0, 0.1) is 0 Å². The first-order chi connectivity index (χ1) is 14.8. The number of nitrogen functional groups attached to an aromatic ring is 1. The molecule has 0 saturated heterocycles. The number of anilines is 2. The standard InChI is InChI=1S/C20H15F3N6O2/c1-31-14-8-11(19(30)28-15-9-12(4-5-25-15)20(21,22)23)2-3-13(14)16-17-18(24)26-6-7-29(17)10-27-16/h2-10H,1H3,(H2,24,26)(H,25,28,30). The van der Waals surface area contributed by atoms with Gasteiger partial charge in [0.05, 0.1) is 12.7 Å². The normalized spacial score (nSPS) is 11.5. The largest absolute Gasteiger partial charge is 0.496 e. The number of rotatable bonds is 4. The summed E-state index contributed by atoms with van der Waals surface area (Å²) in [6, 6.07) is 6.15. The van der Waals surface area contributed by atoms with Crippen LogP contribution in [-0.4, -0.2) is 32.4 Å². The summed E-state index contributed by atoms with van der Waals surface area (Å²) in [5.41, 5.74) is 6.87. The predicted molar refractivity (Wildman–Crippen MR) is 107 cm³/mol.